The maximum Gasteiger partial charge on any atom is 0.287 e. The number of hydrogen-bond acceptors (Lipinski definition) is 3. The van der Waals surface area contributed by atoms with E-state index in [-0.39, 0.29) is 5.91 Å². The van der Waals surface area contributed by atoms with Crippen molar-refractivity contribution in [1.82, 2.24) is 5.32 Å². The summed E-state index contributed by atoms with van der Waals surface area (Å²) in [7, 11) is 1.61. The third-order valence-corrected chi connectivity index (χ3v) is 3.49. The fraction of sp³-hybridized carbons (Fsp3) is 0.167. The molecule has 0 saturated carbocycles. The zero-order valence-corrected chi connectivity index (χ0v) is 12.3. The van der Waals surface area contributed by atoms with Gasteiger partial charge in [0.15, 0.2) is 5.76 Å². The SMILES string of the molecule is COc1ccc2oc(C(=O)NCCc3ccccc3)cc2c1. The Morgan fingerprint density at radius 2 is 1.95 bits per heavy atom. The number of hydrogen-bond donors (Lipinski definition) is 1. The Kier molecular flexibility index (Phi) is 4.10. The molecule has 22 heavy (non-hydrogen) atoms. The standard InChI is InChI=1S/C18H17NO3/c1-21-15-7-8-16-14(11-15)12-17(22-16)18(20)19-10-9-13-5-3-2-4-6-13/h2-8,11-12H,9-10H2,1H3,(H,19,20). The number of carbonyl (C=O) groups is 1. The fourth-order valence-electron chi connectivity index (χ4n) is 2.31. The van der Waals surface area contributed by atoms with Crippen LogP contribution < -0.4 is 10.1 Å². The molecule has 1 N–H and O–H groups in total. The molecule has 4 nitrogen and oxygen atoms in total. The zero-order valence-electron chi connectivity index (χ0n) is 12.3. The quantitative estimate of drug-likeness (QED) is 0.784. The fourth-order valence-corrected chi connectivity index (χ4v) is 2.31. The van der Waals surface area contributed by atoms with E-state index in [0.717, 1.165) is 17.6 Å². The number of carbonyl (C=O) groups excluding carboxylic acids is 1. The van der Waals surface area contributed by atoms with Crippen molar-refractivity contribution in [2.24, 2.45) is 0 Å². The van der Waals surface area contributed by atoms with Crippen LogP contribution in [0.25, 0.3) is 11.0 Å². The Labute approximate surface area is 128 Å². The first kappa shape index (κ1) is 14.2. The first-order chi connectivity index (χ1) is 10.8. The second-order valence-corrected chi connectivity index (χ2v) is 5.01. The van der Waals surface area contributed by atoms with Crippen LogP contribution in [-0.4, -0.2) is 19.6 Å². The molecule has 112 valence electrons. The maximum atomic E-state index is 12.1. The number of rotatable bonds is 5. The van der Waals surface area contributed by atoms with Gasteiger partial charge in [-0.15, -0.1) is 0 Å². The lowest BCUT2D eigenvalue weighted by atomic mass is 10.1. The summed E-state index contributed by atoms with van der Waals surface area (Å²) >= 11 is 0. The monoisotopic (exact) mass is 295 g/mol. The molecule has 0 radical (unpaired) electrons. The summed E-state index contributed by atoms with van der Waals surface area (Å²) in [5.74, 6) is 0.853. The van der Waals surface area contributed by atoms with Crippen LogP contribution in [0.2, 0.25) is 0 Å². The van der Waals surface area contributed by atoms with Crippen LogP contribution in [0.5, 0.6) is 5.75 Å². The molecule has 2 aromatic carbocycles. The molecular weight excluding hydrogens is 278 g/mol. The van der Waals surface area contributed by atoms with Crippen molar-refractivity contribution >= 4 is 16.9 Å². The molecule has 0 bridgehead atoms. The molecule has 3 aromatic rings. The van der Waals surface area contributed by atoms with E-state index < -0.39 is 0 Å². The van der Waals surface area contributed by atoms with E-state index in [2.05, 4.69) is 5.32 Å². The normalized spacial score (nSPS) is 10.6. The van der Waals surface area contributed by atoms with Crippen LogP contribution in [0, 0.1) is 0 Å². The molecule has 0 unspecified atom stereocenters. The Bertz CT molecular complexity index is 777. The number of nitrogens with one attached hydrogen (secondary N) is 1. The van der Waals surface area contributed by atoms with Crippen molar-refractivity contribution in [1.29, 1.82) is 0 Å². The van der Waals surface area contributed by atoms with Gasteiger partial charge in [-0.25, -0.2) is 0 Å². The molecule has 1 amide bonds. The largest absolute Gasteiger partial charge is 0.497 e. The van der Waals surface area contributed by atoms with Crippen LogP contribution in [0.3, 0.4) is 0 Å². The first-order valence-corrected chi connectivity index (χ1v) is 7.16. The summed E-state index contributed by atoms with van der Waals surface area (Å²) in [6, 6.07) is 17.2. The summed E-state index contributed by atoms with van der Waals surface area (Å²) in [5, 5.41) is 3.73. The highest BCUT2D eigenvalue weighted by Gasteiger charge is 2.12. The van der Waals surface area contributed by atoms with Crippen molar-refractivity contribution < 1.29 is 13.9 Å². The van der Waals surface area contributed by atoms with Gasteiger partial charge in [-0.2, -0.15) is 0 Å². The van der Waals surface area contributed by atoms with E-state index >= 15 is 0 Å². The van der Waals surface area contributed by atoms with Crippen molar-refractivity contribution in [2.45, 2.75) is 6.42 Å². The van der Waals surface area contributed by atoms with Crippen LogP contribution in [-0.2, 0) is 6.42 Å². The molecule has 0 saturated heterocycles. The lowest BCUT2D eigenvalue weighted by Gasteiger charge is -2.03. The van der Waals surface area contributed by atoms with E-state index in [1.54, 1.807) is 19.2 Å². The van der Waals surface area contributed by atoms with Gasteiger partial charge in [0.1, 0.15) is 11.3 Å². The van der Waals surface area contributed by atoms with Crippen LogP contribution in [0.1, 0.15) is 16.1 Å². The minimum atomic E-state index is -0.203. The average Bonchev–Trinajstić information content (AvgIpc) is 2.99. The van der Waals surface area contributed by atoms with E-state index in [1.165, 1.54) is 5.56 Å². The highest BCUT2D eigenvalue weighted by Crippen LogP contribution is 2.24. The van der Waals surface area contributed by atoms with Gasteiger partial charge < -0.3 is 14.5 Å². The topological polar surface area (TPSA) is 51.5 Å². The van der Waals surface area contributed by atoms with Gasteiger partial charge in [0.05, 0.1) is 7.11 Å². The van der Waals surface area contributed by atoms with E-state index in [0.29, 0.717) is 17.9 Å². The predicted molar refractivity (Wildman–Crippen MR) is 85.2 cm³/mol. The van der Waals surface area contributed by atoms with Crippen molar-refractivity contribution in [3.8, 4) is 5.75 Å². The summed E-state index contributed by atoms with van der Waals surface area (Å²) in [6.07, 6.45) is 0.792. The zero-order chi connectivity index (χ0) is 15.4. The molecule has 0 aliphatic heterocycles. The van der Waals surface area contributed by atoms with Crippen molar-refractivity contribution in [2.75, 3.05) is 13.7 Å². The predicted octanol–water partition coefficient (Wildman–Crippen LogP) is 3.41. The lowest BCUT2D eigenvalue weighted by molar-refractivity contribution is 0.0928. The summed E-state index contributed by atoms with van der Waals surface area (Å²) in [5.41, 5.74) is 1.87. The minimum absolute atomic E-state index is 0.203. The van der Waals surface area contributed by atoms with Crippen LogP contribution >= 0.6 is 0 Å². The first-order valence-electron chi connectivity index (χ1n) is 7.16. The molecule has 3 rings (SSSR count). The Morgan fingerprint density at radius 1 is 1.14 bits per heavy atom. The average molecular weight is 295 g/mol. The van der Waals surface area contributed by atoms with E-state index in [1.807, 2.05) is 42.5 Å². The molecule has 0 atom stereocenters. The second-order valence-electron chi connectivity index (χ2n) is 5.01. The second kappa shape index (κ2) is 6.35. The number of furan rings is 1. The number of methoxy groups -OCH3 is 1. The van der Waals surface area contributed by atoms with Crippen LogP contribution in [0.15, 0.2) is 59.0 Å². The third-order valence-electron chi connectivity index (χ3n) is 3.49. The molecular formula is C18H17NO3. The van der Waals surface area contributed by atoms with Gasteiger partial charge in [0.2, 0.25) is 0 Å². The maximum absolute atomic E-state index is 12.1. The molecule has 4 heteroatoms. The van der Waals surface area contributed by atoms with Gasteiger partial charge in [0, 0.05) is 11.9 Å². The highest BCUT2D eigenvalue weighted by atomic mass is 16.5. The van der Waals surface area contributed by atoms with Crippen molar-refractivity contribution in [3.63, 3.8) is 0 Å². The van der Waals surface area contributed by atoms with Gasteiger partial charge in [0.25, 0.3) is 5.91 Å². The molecule has 0 aliphatic carbocycles. The summed E-state index contributed by atoms with van der Waals surface area (Å²) in [4.78, 5) is 12.1. The minimum Gasteiger partial charge on any atom is -0.497 e. The van der Waals surface area contributed by atoms with Gasteiger partial charge in [-0.3, -0.25) is 4.79 Å². The lowest BCUT2D eigenvalue weighted by Crippen LogP contribution is -2.25. The number of amides is 1. The summed E-state index contributed by atoms with van der Waals surface area (Å²) < 4.78 is 10.7. The Morgan fingerprint density at radius 3 is 2.73 bits per heavy atom. The van der Waals surface area contributed by atoms with Crippen LogP contribution in [0.4, 0.5) is 0 Å². The van der Waals surface area contributed by atoms with Gasteiger partial charge in [-0.05, 0) is 36.2 Å². The molecule has 0 aliphatic rings. The number of ether oxygens (including phenoxy) is 1. The highest BCUT2D eigenvalue weighted by molar-refractivity contribution is 5.96. The van der Waals surface area contributed by atoms with E-state index in [9.17, 15) is 4.79 Å². The number of benzene rings is 2. The van der Waals surface area contributed by atoms with E-state index in [4.69, 9.17) is 9.15 Å². The molecule has 0 fully saturated rings. The molecule has 1 aromatic heterocycles. The Balaban J connectivity index is 1.64. The third kappa shape index (κ3) is 3.11. The van der Waals surface area contributed by atoms with Crippen molar-refractivity contribution in [3.05, 3.63) is 65.9 Å². The smallest absolute Gasteiger partial charge is 0.287 e. The van der Waals surface area contributed by atoms with Gasteiger partial charge >= 0.3 is 0 Å². The molecule has 0 spiro atoms. The summed E-state index contributed by atoms with van der Waals surface area (Å²) in [6.45, 7) is 0.573. The Hall–Kier alpha value is -2.75. The van der Waals surface area contributed by atoms with Gasteiger partial charge in [-0.1, -0.05) is 30.3 Å². The number of fused-ring (bicyclic) bond motifs is 1. The molecule has 1 heterocycles.